The van der Waals surface area contributed by atoms with E-state index >= 15 is 0 Å². The van der Waals surface area contributed by atoms with Crippen LogP contribution in [-0.4, -0.2) is 12.5 Å². The van der Waals surface area contributed by atoms with E-state index < -0.39 is 0 Å². The first-order valence-electron chi connectivity index (χ1n) is 5.96. The average molecular weight is 237 g/mol. The van der Waals surface area contributed by atoms with Crippen molar-refractivity contribution in [2.45, 2.75) is 38.2 Å². The molecule has 0 spiro atoms. The summed E-state index contributed by atoms with van der Waals surface area (Å²) in [5, 5.41) is 2.46. The van der Waals surface area contributed by atoms with E-state index in [-0.39, 0.29) is 11.9 Å². The fourth-order valence-electron chi connectivity index (χ4n) is 2.14. The first kappa shape index (κ1) is 11.9. The molecule has 3 nitrogen and oxygen atoms in total. The largest absolute Gasteiger partial charge is 0.488 e. The summed E-state index contributed by atoms with van der Waals surface area (Å²) in [5.41, 5.74) is 0.394. The maximum atomic E-state index is 13.0. The van der Waals surface area contributed by atoms with Gasteiger partial charge in [-0.3, -0.25) is 4.79 Å². The van der Waals surface area contributed by atoms with Gasteiger partial charge < -0.3 is 10.1 Å². The van der Waals surface area contributed by atoms with E-state index in [1.807, 2.05) is 0 Å². The second-order valence-electron chi connectivity index (χ2n) is 4.28. The van der Waals surface area contributed by atoms with Gasteiger partial charge in [-0.15, -0.1) is 0 Å². The molecule has 1 aliphatic rings. The number of rotatable bonds is 4. The van der Waals surface area contributed by atoms with Gasteiger partial charge in [-0.05, 0) is 37.8 Å². The molecule has 1 aliphatic carbocycles. The van der Waals surface area contributed by atoms with Crippen LogP contribution in [0, 0.1) is 5.82 Å². The number of hydrogen-bond acceptors (Lipinski definition) is 2. The van der Waals surface area contributed by atoms with Crippen LogP contribution >= 0.6 is 0 Å². The van der Waals surface area contributed by atoms with Crippen LogP contribution < -0.4 is 10.1 Å². The first-order valence-corrected chi connectivity index (χ1v) is 5.96. The maximum absolute atomic E-state index is 13.0. The van der Waals surface area contributed by atoms with Crippen molar-refractivity contribution in [2.75, 3.05) is 5.32 Å². The third-order valence-corrected chi connectivity index (χ3v) is 3.00. The molecule has 0 bridgehead atoms. The number of benzene rings is 1. The molecule has 1 amide bonds. The van der Waals surface area contributed by atoms with Crippen LogP contribution in [0.1, 0.15) is 32.1 Å². The lowest BCUT2D eigenvalue weighted by molar-refractivity contribution is -0.105. The lowest BCUT2D eigenvalue weighted by Gasteiger charge is -2.24. The molecule has 0 saturated heterocycles. The van der Waals surface area contributed by atoms with Gasteiger partial charge in [0, 0.05) is 6.07 Å². The highest BCUT2D eigenvalue weighted by atomic mass is 19.1. The molecule has 1 aromatic rings. The van der Waals surface area contributed by atoms with Gasteiger partial charge in [0.25, 0.3) is 0 Å². The number of carbonyl (C=O) groups excluding carboxylic acids is 1. The van der Waals surface area contributed by atoms with Gasteiger partial charge in [0.1, 0.15) is 11.6 Å². The summed E-state index contributed by atoms with van der Waals surface area (Å²) < 4.78 is 18.8. The summed E-state index contributed by atoms with van der Waals surface area (Å²) in [6, 6.07) is 4.18. The number of ether oxygens (including phenoxy) is 1. The molecule has 2 rings (SSSR count). The topological polar surface area (TPSA) is 38.3 Å². The average Bonchev–Trinajstić information content (AvgIpc) is 2.34. The highest BCUT2D eigenvalue weighted by Crippen LogP contribution is 2.29. The van der Waals surface area contributed by atoms with Crippen molar-refractivity contribution in [2.24, 2.45) is 0 Å². The Labute approximate surface area is 100.0 Å². The number of hydrogen-bond donors (Lipinski definition) is 1. The lowest BCUT2D eigenvalue weighted by Crippen LogP contribution is -2.20. The zero-order valence-electron chi connectivity index (χ0n) is 9.62. The highest BCUT2D eigenvalue weighted by molar-refractivity contribution is 5.75. The van der Waals surface area contributed by atoms with Crippen LogP contribution in [0.3, 0.4) is 0 Å². The number of anilines is 1. The highest BCUT2D eigenvalue weighted by Gasteiger charge is 2.16. The molecule has 1 aromatic carbocycles. The fourth-order valence-corrected chi connectivity index (χ4v) is 2.14. The number of nitrogens with one attached hydrogen (secondary N) is 1. The Morgan fingerprint density at radius 1 is 1.29 bits per heavy atom. The van der Waals surface area contributed by atoms with Gasteiger partial charge in [-0.1, -0.05) is 6.42 Å². The van der Waals surface area contributed by atoms with E-state index in [1.54, 1.807) is 6.07 Å². The fraction of sp³-hybridized carbons (Fsp3) is 0.462. The number of amides is 1. The Kier molecular flexibility index (Phi) is 3.96. The van der Waals surface area contributed by atoms with Crippen molar-refractivity contribution in [3.8, 4) is 5.75 Å². The Bertz CT molecular complexity index is 389. The molecule has 4 heteroatoms. The van der Waals surface area contributed by atoms with Crippen molar-refractivity contribution < 1.29 is 13.9 Å². The van der Waals surface area contributed by atoms with Crippen LogP contribution in [0.15, 0.2) is 18.2 Å². The quantitative estimate of drug-likeness (QED) is 0.817. The Morgan fingerprint density at radius 2 is 2.06 bits per heavy atom. The van der Waals surface area contributed by atoms with Crippen molar-refractivity contribution in [3.05, 3.63) is 24.0 Å². The van der Waals surface area contributed by atoms with E-state index in [4.69, 9.17) is 4.74 Å². The Hall–Kier alpha value is -1.58. The number of carbonyl (C=O) groups is 1. The third-order valence-electron chi connectivity index (χ3n) is 3.00. The Balaban J connectivity index is 2.10. The molecule has 0 unspecified atom stereocenters. The van der Waals surface area contributed by atoms with E-state index in [1.165, 1.54) is 31.4 Å². The second-order valence-corrected chi connectivity index (χ2v) is 4.28. The van der Waals surface area contributed by atoms with E-state index in [9.17, 15) is 9.18 Å². The summed E-state index contributed by atoms with van der Waals surface area (Å²) in [5.74, 6) is 0.163. The Morgan fingerprint density at radius 3 is 2.76 bits per heavy atom. The monoisotopic (exact) mass is 237 g/mol. The molecule has 1 fully saturated rings. The summed E-state index contributed by atoms with van der Waals surface area (Å²) in [4.78, 5) is 10.4. The predicted octanol–water partition coefficient (Wildman–Crippen LogP) is 3.11. The second kappa shape index (κ2) is 5.66. The molecule has 0 radical (unpaired) electrons. The van der Waals surface area contributed by atoms with Gasteiger partial charge in [-0.25, -0.2) is 4.39 Å². The van der Waals surface area contributed by atoms with Gasteiger partial charge in [0.2, 0.25) is 6.41 Å². The standard InChI is InChI=1S/C13H16FNO2/c14-10-6-7-13(12(8-10)15-9-16)17-11-4-2-1-3-5-11/h6-9,11H,1-5H2,(H,15,16). The van der Waals surface area contributed by atoms with E-state index in [0.29, 0.717) is 17.8 Å². The van der Waals surface area contributed by atoms with E-state index in [0.717, 1.165) is 12.8 Å². The lowest BCUT2D eigenvalue weighted by atomic mass is 9.98. The third kappa shape index (κ3) is 3.19. The molecular weight excluding hydrogens is 221 g/mol. The smallest absolute Gasteiger partial charge is 0.211 e. The minimum Gasteiger partial charge on any atom is -0.488 e. The minimum absolute atomic E-state index is 0.182. The zero-order valence-corrected chi connectivity index (χ0v) is 9.62. The first-order chi connectivity index (χ1) is 8.29. The molecule has 0 atom stereocenters. The molecule has 0 aromatic heterocycles. The van der Waals surface area contributed by atoms with Crippen LogP contribution in [0.25, 0.3) is 0 Å². The van der Waals surface area contributed by atoms with Crippen LogP contribution in [0.5, 0.6) is 5.75 Å². The van der Waals surface area contributed by atoms with E-state index in [2.05, 4.69) is 5.32 Å². The van der Waals surface area contributed by atoms with Gasteiger partial charge in [0.15, 0.2) is 0 Å². The van der Waals surface area contributed by atoms with Crippen molar-refractivity contribution in [3.63, 3.8) is 0 Å². The molecule has 1 saturated carbocycles. The predicted molar refractivity (Wildman–Crippen MR) is 63.6 cm³/mol. The normalized spacial score (nSPS) is 16.5. The summed E-state index contributed by atoms with van der Waals surface area (Å²) in [6.07, 6.45) is 6.35. The molecule has 0 aliphatic heterocycles. The van der Waals surface area contributed by atoms with Gasteiger partial charge >= 0.3 is 0 Å². The van der Waals surface area contributed by atoms with Crippen molar-refractivity contribution in [1.82, 2.24) is 0 Å². The summed E-state index contributed by atoms with van der Waals surface area (Å²) in [6.45, 7) is 0. The summed E-state index contributed by atoms with van der Waals surface area (Å²) >= 11 is 0. The maximum Gasteiger partial charge on any atom is 0.211 e. The van der Waals surface area contributed by atoms with Gasteiger partial charge in [-0.2, -0.15) is 0 Å². The SMILES string of the molecule is O=CNc1cc(F)ccc1OC1CCCCC1. The number of halogens is 1. The molecular formula is C13H16FNO2. The van der Waals surface area contributed by atoms with Crippen LogP contribution in [-0.2, 0) is 4.79 Å². The van der Waals surface area contributed by atoms with Crippen LogP contribution in [0.4, 0.5) is 10.1 Å². The van der Waals surface area contributed by atoms with Crippen molar-refractivity contribution in [1.29, 1.82) is 0 Å². The molecule has 17 heavy (non-hydrogen) atoms. The molecule has 92 valence electrons. The molecule has 0 heterocycles. The minimum atomic E-state index is -0.384. The zero-order chi connectivity index (χ0) is 12.1. The molecule has 1 N–H and O–H groups in total. The summed E-state index contributed by atoms with van der Waals surface area (Å²) in [7, 11) is 0. The van der Waals surface area contributed by atoms with Gasteiger partial charge in [0.05, 0.1) is 11.8 Å². The van der Waals surface area contributed by atoms with Crippen LogP contribution in [0.2, 0.25) is 0 Å². The van der Waals surface area contributed by atoms with Crippen molar-refractivity contribution >= 4 is 12.1 Å².